The highest BCUT2D eigenvalue weighted by Gasteiger charge is 2.07. The van der Waals surface area contributed by atoms with E-state index in [9.17, 15) is 14.0 Å². The third-order valence-electron chi connectivity index (χ3n) is 2.72. The minimum atomic E-state index is -0.365. The Morgan fingerprint density at radius 2 is 1.30 bits per heavy atom. The summed E-state index contributed by atoms with van der Waals surface area (Å²) in [6.45, 7) is 0. The molecule has 2 amide bonds. The Bertz CT molecular complexity index is 618. The smallest absolute Gasteiger partial charge is 0.234 e. The maximum atomic E-state index is 12.7. The Morgan fingerprint density at radius 1 is 0.870 bits per heavy atom. The van der Waals surface area contributed by atoms with Crippen LogP contribution in [0.1, 0.15) is 0 Å². The van der Waals surface area contributed by atoms with Crippen LogP contribution >= 0.6 is 23.4 Å². The first-order valence-corrected chi connectivity index (χ1v) is 8.25. The number of amides is 2. The third-order valence-corrected chi connectivity index (χ3v) is 3.91. The topological polar surface area (TPSA) is 58.2 Å². The highest BCUT2D eigenvalue weighted by Crippen LogP contribution is 2.14. The van der Waals surface area contributed by atoms with Gasteiger partial charge in [-0.25, -0.2) is 4.39 Å². The van der Waals surface area contributed by atoms with Crippen LogP contribution in [0.4, 0.5) is 15.8 Å². The Balaban J connectivity index is 1.69. The summed E-state index contributed by atoms with van der Waals surface area (Å²) in [7, 11) is 0. The molecule has 0 atom stereocenters. The lowest BCUT2D eigenvalue weighted by Gasteiger charge is -2.06. The molecule has 0 saturated heterocycles. The minimum absolute atomic E-state index is 0.130. The van der Waals surface area contributed by atoms with Crippen LogP contribution in [0.25, 0.3) is 0 Å². The minimum Gasteiger partial charge on any atom is -0.325 e. The van der Waals surface area contributed by atoms with Gasteiger partial charge in [-0.15, -0.1) is 11.8 Å². The van der Waals surface area contributed by atoms with Crippen molar-refractivity contribution in [1.29, 1.82) is 0 Å². The molecule has 0 fully saturated rings. The molecule has 0 radical (unpaired) electrons. The van der Waals surface area contributed by atoms with E-state index in [1.807, 2.05) is 0 Å². The van der Waals surface area contributed by atoms with Crippen LogP contribution in [-0.2, 0) is 9.59 Å². The Labute approximate surface area is 142 Å². The number of anilines is 2. The molecule has 23 heavy (non-hydrogen) atoms. The normalized spacial score (nSPS) is 10.2. The maximum absolute atomic E-state index is 12.7. The van der Waals surface area contributed by atoms with E-state index in [0.29, 0.717) is 16.4 Å². The number of hydrogen-bond acceptors (Lipinski definition) is 3. The van der Waals surface area contributed by atoms with E-state index in [2.05, 4.69) is 10.6 Å². The van der Waals surface area contributed by atoms with Gasteiger partial charge in [-0.3, -0.25) is 9.59 Å². The van der Waals surface area contributed by atoms with Crippen molar-refractivity contribution in [3.8, 4) is 0 Å². The molecule has 0 aliphatic heterocycles. The van der Waals surface area contributed by atoms with Gasteiger partial charge in [-0.1, -0.05) is 11.6 Å². The first-order valence-electron chi connectivity index (χ1n) is 6.71. The molecule has 0 aliphatic carbocycles. The first-order chi connectivity index (χ1) is 11.0. The monoisotopic (exact) mass is 352 g/mol. The number of nitrogens with one attached hydrogen (secondary N) is 2. The molecule has 4 nitrogen and oxygen atoms in total. The largest absolute Gasteiger partial charge is 0.325 e. The summed E-state index contributed by atoms with van der Waals surface area (Å²) in [4.78, 5) is 23.4. The lowest BCUT2D eigenvalue weighted by atomic mass is 10.3. The summed E-state index contributed by atoms with van der Waals surface area (Å²) in [5.41, 5.74) is 1.17. The molecule has 0 bridgehead atoms. The summed E-state index contributed by atoms with van der Waals surface area (Å²) >= 11 is 6.95. The maximum Gasteiger partial charge on any atom is 0.234 e. The SMILES string of the molecule is O=C(CSCC(=O)Nc1ccc(Cl)cc1)Nc1ccc(F)cc1. The second kappa shape index (κ2) is 8.55. The van der Waals surface area contributed by atoms with E-state index in [0.717, 1.165) is 0 Å². The molecule has 0 saturated carbocycles. The average molecular weight is 353 g/mol. The molecule has 0 aliphatic rings. The lowest BCUT2D eigenvalue weighted by molar-refractivity contribution is -0.114. The Hall–Kier alpha value is -2.05. The van der Waals surface area contributed by atoms with Crippen molar-refractivity contribution in [2.24, 2.45) is 0 Å². The fourth-order valence-electron chi connectivity index (χ4n) is 1.70. The van der Waals surface area contributed by atoms with Crippen molar-refractivity contribution < 1.29 is 14.0 Å². The molecule has 0 unspecified atom stereocenters. The van der Waals surface area contributed by atoms with Crippen molar-refractivity contribution in [1.82, 2.24) is 0 Å². The van der Waals surface area contributed by atoms with E-state index in [4.69, 9.17) is 11.6 Å². The van der Waals surface area contributed by atoms with Gasteiger partial charge in [0.05, 0.1) is 11.5 Å². The number of halogens is 2. The average Bonchev–Trinajstić information content (AvgIpc) is 2.52. The van der Waals surface area contributed by atoms with Crippen LogP contribution in [0.5, 0.6) is 0 Å². The second-order valence-corrected chi connectivity index (χ2v) is 6.02. The summed E-state index contributed by atoms with van der Waals surface area (Å²) in [5, 5.41) is 5.93. The zero-order chi connectivity index (χ0) is 16.7. The number of thioether (sulfide) groups is 1. The summed E-state index contributed by atoms with van der Waals surface area (Å²) in [5.74, 6) is -0.533. The van der Waals surface area contributed by atoms with Gasteiger partial charge in [0.15, 0.2) is 0 Å². The summed E-state index contributed by atoms with van der Waals surface area (Å²) in [6.07, 6.45) is 0. The summed E-state index contributed by atoms with van der Waals surface area (Å²) in [6, 6.07) is 12.3. The molecule has 2 aromatic rings. The molecule has 0 spiro atoms. The van der Waals surface area contributed by atoms with Gasteiger partial charge in [0.1, 0.15) is 5.82 Å². The van der Waals surface area contributed by atoms with Gasteiger partial charge in [0, 0.05) is 16.4 Å². The van der Waals surface area contributed by atoms with Crippen molar-refractivity contribution in [3.63, 3.8) is 0 Å². The number of benzene rings is 2. The van der Waals surface area contributed by atoms with E-state index >= 15 is 0 Å². The molecule has 2 rings (SSSR count). The standard InChI is InChI=1S/C16H14ClFN2O2S/c17-11-1-5-13(6-2-11)19-15(21)9-23-10-16(22)20-14-7-3-12(18)4-8-14/h1-8H,9-10H2,(H,19,21)(H,20,22). The first kappa shape index (κ1) is 17.3. The number of carbonyl (C=O) groups is 2. The van der Waals surface area contributed by atoms with Gasteiger partial charge in [0.25, 0.3) is 0 Å². The number of rotatable bonds is 6. The van der Waals surface area contributed by atoms with Gasteiger partial charge < -0.3 is 10.6 Å². The van der Waals surface area contributed by atoms with Crippen LogP contribution in [0.15, 0.2) is 48.5 Å². The van der Waals surface area contributed by atoms with Crippen molar-refractivity contribution in [3.05, 3.63) is 59.4 Å². The fraction of sp³-hybridized carbons (Fsp3) is 0.125. The fourth-order valence-corrected chi connectivity index (χ4v) is 2.44. The van der Waals surface area contributed by atoms with E-state index < -0.39 is 0 Å². The zero-order valence-electron chi connectivity index (χ0n) is 12.0. The Kier molecular flexibility index (Phi) is 6.43. The van der Waals surface area contributed by atoms with Crippen LogP contribution in [0, 0.1) is 5.82 Å². The molecule has 0 heterocycles. The Morgan fingerprint density at radius 3 is 1.78 bits per heavy atom. The van der Waals surface area contributed by atoms with Crippen LogP contribution < -0.4 is 10.6 Å². The van der Waals surface area contributed by atoms with Gasteiger partial charge >= 0.3 is 0 Å². The van der Waals surface area contributed by atoms with E-state index in [1.54, 1.807) is 24.3 Å². The second-order valence-electron chi connectivity index (χ2n) is 4.60. The molecular formula is C16H14ClFN2O2S. The van der Waals surface area contributed by atoms with Crippen LogP contribution in [0.2, 0.25) is 5.02 Å². The lowest BCUT2D eigenvalue weighted by Crippen LogP contribution is -2.18. The van der Waals surface area contributed by atoms with Crippen molar-refractivity contribution in [2.75, 3.05) is 22.1 Å². The molecular weight excluding hydrogens is 339 g/mol. The van der Waals surface area contributed by atoms with E-state index in [-0.39, 0.29) is 29.1 Å². The van der Waals surface area contributed by atoms with Gasteiger partial charge in [0.2, 0.25) is 11.8 Å². The van der Waals surface area contributed by atoms with Crippen LogP contribution in [0.3, 0.4) is 0 Å². The molecule has 120 valence electrons. The molecule has 0 aromatic heterocycles. The van der Waals surface area contributed by atoms with Gasteiger partial charge in [-0.05, 0) is 48.5 Å². The number of carbonyl (C=O) groups excluding carboxylic acids is 2. The highest BCUT2D eigenvalue weighted by atomic mass is 35.5. The third kappa shape index (κ3) is 6.30. The number of hydrogen-bond donors (Lipinski definition) is 2. The van der Waals surface area contributed by atoms with Crippen molar-refractivity contribution >= 4 is 46.6 Å². The molecule has 2 aromatic carbocycles. The van der Waals surface area contributed by atoms with Crippen LogP contribution in [-0.4, -0.2) is 23.3 Å². The predicted molar refractivity (Wildman–Crippen MR) is 92.4 cm³/mol. The highest BCUT2D eigenvalue weighted by molar-refractivity contribution is 8.00. The van der Waals surface area contributed by atoms with Gasteiger partial charge in [-0.2, -0.15) is 0 Å². The van der Waals surface area contributed by atoms with E-state index in [1.165, 1.54) is 36.0 Å². The van der Waals surface area contributed by atoms with Crippen molar-refractivity contribution in [2.45, 2.75) is 0 Å². The molecule has 2 N–H and O–H groups in total. The predicted octanol–water partition coefficient (Wildman–Crippen LogP) is 3.79. The quantitative estimate of drug-likeness (QED) is 0.831. The molecule has 7 heteroatoms. The zero-order valence-corrected chi connectivity index (χ0v) is 13.6. The summed E-state index contributed by atoms with van der Waals surface area (Å²) < 4.78 is 12.7.